The van der Waals surface area contributed by atoms with Gasteiger partial charge < -0.3 is 0 Å². The van der Waals surface area contributed by atoms with E-state index in [1.54, 1.807) is 0 Å². The molecular weight excluding hydrogens is 132 g/mol. The van der Waals surface area contributed by atoms with Gasteiger partial charge in [0.25, 0.3) is 0 Å². The van der Waals surface area contributed by atoms with E-state index in [0.29, 0.717) is 5.41 Å². The second-order valence-electron chi connectivity index (χ2n) is 4.61. The maximum atomic E-state index is 2.33. The van der Waals surface area contributed by atoms with Crippen LogP contribution in [0.5, 0.6) is 0 Å². The van der Waals surface area contributed by atoms with Crippen molar-refractivity contribution < 1.29 is 0 Å². The van der Waals surface area contributed by atoms with Crippen molar-refractivity contribution in [1.82, 2.24) is 0 Å². The Bertz CT molecular complexity index is 135. The van der Waals surface area contributed by atoms with Crippen LogP contribution in [0.1, 0.15) is 48.0 Å². The average Bonchev–Trinajstić information content (AvgIpc) is 1.85. The summed E-state index contributed by atoms with van der Waals surface area (Å²) < 4.78 is 0. The molecule has 1 unspecified atom stereocenters. The van der Waals surface area contributed by atoms with Crippen LogP contribution in [0.2, 0.25) is 0 Å². The fourth-order valence-corrected chi connectivity index (χ4v) is 0.907. The van der Waals surface area contributed by atoms with Crippen molar-refractivity contribution in [3.63, 3.8) is 0 Å². The topological polar surface area (TPSA) is 0 Å². The predicted molar refractivity (Wildman–Crippen MR) is 52.7 cm³/mol. The minimum atomic E-state index is 0.449. The summed E-state index contributed by atoms with van der Waals surface area (Å²) >= 11 is 0. The molecule has 0 rings (SSSR count). The van der Waals surface area contributed by atoms with Gasteiger partial charge in [-0.2, -0.15) is 0 Å². The fraction of sp³-hybridized carbons (Fsp3) is 0.818. The molecular formula is C11H22. The molecule has 0 aromatic carbocycles. The Morgan fingerprint density at radius 2 is 1.82 bits per heavy atom. The van der Waals surface area contributed by atoms with Crippen LogP contribution in [-0.4, -0.2) is 0 Å². The van der Waals surface area contributed by atoms with Crippen LogP contribution in [0.3, 0.4) is 0 Å². The SMILES string of the molecule is CC=C(C)CC(C)C(C)(C)C. The van der Waals surface area contributed by atoms with E-state index in [2.05, 4.69) is 47.6 Å². The van der Waals surface area contributed by atoms with Crippen LogP contribution in [0.4, 0.5) is 0 Å². The zero-order valence-corrected chi connectivity index (χ0v) is 8.86. The predicted octanol–water partition coefficient (Wildman–Crippen LogP) is 4.02. The number of hydrogen-bond donors (Lipinski definition) is 0. The van der Waals surface area contributed by atoms with Crippen molar-refractivity contribution >= 4 is 0 Å². The third-order valence-electron chi connectivity index (χ3n) is 2.60. The lowest BCUT2D eigenvalue weighted by Crippen LogP contribution is -2.17. The van der Waals surface area contributed by atoms with Crippen molar-refractivity contribution in [2.45, 2.75) is 48.0 Å². The molecule has 0 radical (unpaired) electrons. The van der Waals surface area contributed by atoms with Gasteiger partial charge in [-0.25, -0.2) is 0 Å². The number of allylic oxidation sites excluding steroid dienone is 2. The largest absolute Gasteiger partial charge is 0.0887 e. The standard InChI is InChI=1S/C11H22/c1-7-9(2)8-10(3)11(4,5)6/h7,10H,8H2,1-6H3. The molecule has 0 nitrogen and oxygen atoms in total. The molecule has 0 heterocycles. The van der Waals surface area contributed by atoms with E-state index in [1.807, 2.05) is 0 Å². The van der Waals surface area contributed by atoms with Gasteiger partial charge in [0.1, 0.15) is 0 Å². The first-order chi connectivity index (χ1) is 4.88. The van der Waals surface area contributed by atoms with Gasteiger partial charge in [0.2, 0.25) is 0 Å². The van der Waals surface area contributed by atoms with E-state index < -0.39 is 0 Å². The lowest BCUT2D eigenvalue weighted by atomic mass is 9.79. The van der Waals surface area contributed by atoms with Gasteiger partial charge in [0.15, 0.2) is 0 Å². The summed E-state index contributed by atoms with van der Waals surface area (Å²) in [7, 11) is 0. The van der Waals surface area contributed by atoms with E-state index >= 15 is 0 Å². The minimum absolute atomic E-state index is 0.449. The molecule has 66 valence electrons. The quantitative estimate of drug-likeness (QED) is 0.527. The Labute approximate surface area is 71.7 Å². The molecule has 0 aromatic heterocycles. The molecule has 0 aliphatic heterocycles. The van der Waals surface area contributed by atoms with Crippen LogP contribution in [0, 0.1) is 11.3 Å². The molecule has 0 aliphatic carbocycles. The number of hydrogen-bond acceptors (Lipinski definition) is 0. The van der Waals surface area contributed by atoms with Crippen molar-refractivity contribution in [2.75, 3.05) is 0 Å². The van der Waals surface area contributed by atoms with Gasteiger partial charge in [0, 0.05) is 0 Å². The minimum Gasteiger partial charge on any atom is -0.0887 e. The van der Waals surface area contributed by atoms with Crippen LogP contribution in [0.15, 0.2) is 11.6 Å². The summed E-state index contributed by atoms with van der Waals surface area (Å²) in [5.74, 6) is 0.777. The van der Waals surface area contributed by atoms with Crippen LogP contribution >= 0.6 is 0 Å². The molecule has 0 aromatic rings. The van der Waals surface area contributed by atoms with Gasteiger partial charge in [-0.15, -0.1) is 0 Å². The lowest BCUT2D eigenvalue weighted by Gasteiger charge is -2.27. The molecule has 0 aliphatic rings. The highest BCUT2D eigenvalue weighted by Crippen LogP contribution is 2.30. The summed E-state index contributed by atoms with van der Waals surface area (Å²) in [6.45, 7) is 13.6. The summed E-state index contributed by atoms with van der Waals surface area (Å²) in [4.78, 5) is 0. The normalized spacial score (nSPS) is 16.7. The molecule has 0 amide bonds. The van der Waals surface area contributed by atoms with E-state index in [1.165, 1.54) is 12.0 Å². The van der Waals surface area contributed by atoms with Crippen molar-refractivity contribution in [2.24, 2.45) is 11.3 Å². The molecule has 0 N–H and O–H groups in total. The first-order valence-corrected chi connectivity index (χ1v) is 4.49. The molecule has 1 atom stereocenters. The van der Waals surface area contributed by atoms with Crippen LogP contribution in [0.25, 0.3) is 0 Å². The van der Waals surface area contributed by atoms with Crippen molar-refractivity contribution in [1.29, 1.82) is 0 Å². The highest BCUT2D eigenvalue weighted by atomic mass is 14.2. The second-order valence-corrected chi connectivity index (χ2v) is 4.61. The van der Waals surface area contributed by atoms with E-state index in [9.17, 15) is 0 Å². The van der Waals surface area contributed by atoms with Crippen molar-refractivity contribution in [3.8, 4) is 0 Å². The van der Waals surface area contributed by atoms with E-state index in [-0.39, 0.29) is 0 Å². The first kappa shape index (κ1) is 10.7. The molecule has 0 fully saturated rings. The summed E-state index contributed by atoms with van der Waals surface area (Å²) in [5, 5.41) is 0. The first-order valence-electron chi connectivity index (χ1n) is 4.49. The highest BCUT2D eigenvalue weighted by Gasteiger charge is 2.19. The summed E-state index contributed by atoms with van der Waals surface area (Å²) in [5.41, 5.74) is 1.96. The Kier molecular flexibility index (Phi) is 3.85. The van der Waals surface area contributed by atoms with E-state index in [0.717, 1.165) is 5.92 Å². The van der Waals surface area contributed by atoms with Gasteiger partial charge in [-0.1, -0.05) is 39.3 Å². The van der Waals surface area contributed by atoms with Gasteiger partial charge in [-0.05, 0) is 31.6 Å². The monoisotopic (exact) mass is 154 g/mol. The molecule has 0 heteroatoms. The van der Waals surface area contributed by atoms with Crippen LogP contribution in [-0.2, 0) is 0 Å². The van der Waals surface area contributed by atoms with Gasteiger partial charge in [0.05, 0.1) is 0 Å². The third kappa shape index (κ3) is 4.23. The molecule has 0 bridgehead atoms. The Morgan fingerprint density at radius 3 is 2.09 bits per heavy atom. The third-order valence-corrected chi connectivity index (χ3v) is 2.60. The maximum Gasteiger partial charge on any atom is -0.0292 e. The van der Waals surface area contributed by atoms with Gasteiger partial charge >= 0.3 is 0 Å². The average molecular weight is 154 g/mol. The zero-order chi connectivity index (χ0) is 9.07. The molecule has 0 saturated heterocycles. The zero-order valence-electron chi connectivity index (χ0n) is 8.86. The molecule has 11 heavy (non-hydrogen) atoms. The Morgan fingerprint density at radius 1 is 1.36 bits per heavy atom. The van der Waals surface area contributed by atoms with Crippen molar-refractivity contribution in [3.05, 3.63) is 11.6 Å². The second kappa shape index (κ2) is 3.94. The summed E-state index contributed by atoms with van der Waals surface area (Å²) in [6.07, 6.45) is 3.45. The van der Waals surface area contributed by atoms with Crippen LogP contribution < -0.4 is 0 Å². The summed E-state index contributed by atoms with van der Waals surface area (Å²) in [6, 6.07) is 0. The maximum absolute atomic E-state index is 2.33. The highest BCUT2D eigenvalue weighted by molar-refractivity contribution is 4.97. The number of rotatable bonds is 2. The smallest absolute Gasteiger partial charge is 0.0292 e. The molecule has 0 saturated carbocycles. The van der Waals surface area contributed by atoms with E-state index in [4.69, 9.17) is 0 Å². The fourth-order valence-electron chi connectivity index (χ4n) is 0.907. The lowest BCUT2D eigenvalue weighted by molar-refractivity contribution is 0.260. The Balaban J connectivity index is 3.98. The van der Waals surface area contributed by atoms with Gasteiger partial charge in [-0.3, -0.25) is 0 Å². The molecule has 0 spiro atoms. The Hall–Kier alpha value is -0.260.